The van der Waals surface area contributed by atoms with Gasteiger partial charge in [0.25, 0.3) is 10.0 Å². The van der Waals surface area contributed by atoms with Crippen LogP contribution >= 0.6 is 12.2 Å². The van der Waals surface area contributed by atoms with Crippen molar-refractivity contribution in [1.82, 2.24) is 29.8 Å². The monoisotopic (exact) mass is 620 g/mol. The van der Waals surface area contributed by atoms with E-state index < -0.39 is 10.0 Å². The molecule has 0 amide bonds. The number of nitrogens with one attached hydrogen (secondary N) is 3. The van der Waals surface area contributed by atoms with Crippen LogP contribution in [0.2, 0.25) is 0 Å². The van der Waals surface area contributed by atoms with Crippen LogP contribution in [-0.2, 0) is 10.0 Å². The SMILES string of the molecule is COc1cc2[nH]c3c(N4CCN(C(=S)Nc5ccc(S(=O)(=O)Nc6ncccn6)cc5)CC4)nc(N)nc3c2cc1OC. The molecule has 1 aliphatic rings. The van der Waals surface area contributed by atoms with Gasteiger partial charge in [-0.2, -0.15) is 4.98 Å². The van der Waals surface area contributed by atoms with Crippen LogP contribution in [0.5, 0.6) is 11.5 Å². The average Bonchev–Trinajstić information content (AvgIpc) is 3.37. The molecule has 1 saturated heterocycles. The number of hydrogen-bond acceptors (Lipinski definition) is 11. The summed E-state index contributed by atoms with van der Waals surface area (Å²) in [6.45, 7) is 2.54. The van der Waals surface area contributed by atoms with E-state index >= 15 is 0 Å². The number of H-pyrrole nitrogens is 1. The van der Waals surface area contributed by atoms with E-state index in [1.807, 2.05) is 17.0 Å². The van der Waals surface area contributed by atoms with E-state index in [1.165, 1.54) is 24.5 Å². The van der Waals surface area contributed by atoms with Gasteiger partial charge in [-0.3, -0.25) is 0 Å². The summed E-state index contributed by atoms with van der Waals surface area (Å²) in [5.74, 6) is 2.09. The number of aromatic nitrogens is 5. The van der Waals surface area contributed by atoms with E-state index in [1.54, 1.807) is 32.4 Å². The van der Waals surface area contributed by atoms with E-state index in [-0.39, 0.29) is 16.8 Å². The minimum atomic E-state index is -3.83. The number of nitrogen functional groups attached to an aromatic ring is 1. The third-order valence-corrected chi connectivity index (χ3v) is 8.72. The Morgan fingerprint density at radius 1 is 1.00 bits per heavy atom. The Kier molecular flexibility index (Phi) is 7.45. The van der Waals surface area contributed by atoms with E-state index in [9.17, 15) is 8.42 Å². The number of sulfonamides is 1. The van der Waals surface area contributed by atoms with Crippen LogP contribution in [0.25, 0.3) is 21.9 Å². The molecule has 5 N–H and O–H groups in total. The largest absolute Gasteiger partial charge is 0.493 e. The molecule has 16 heteroatoms. The Labute approximate surface area is 252 Å². The molecule has 5 aromatic rings. The quantitative estimate of drug-likeness (QED) is 0.196. The Hall–Kier alpha value is -4.96. The Bertz CT molecular complexity index is 1910. The molecule has 0 bridgehead atoms. The molecule has 6 rings (SSSR count). The Balaban J connectivity index is 1.13. The smallest absolute Gasteiger partial charge is 0.264 e. The normalized spacial score (nSPS) is 13.7. The lowest BCUT2D eigenvalue weighted by Gasteiger charge is -2.37. The number of hydrogen-bond donors (Lipinski definition) is 4. The Morgan fingerprint density at radius 3 is 2.35 bits per heavy atom. The summed E-state index contributed by atoms with van der Waals surface area (Å²) >= 11 is 5.67. The highest BCUT2D eigenvalue weighted by atomic mass is 32.2. The zero-order valence-corrected chi connectivity index (χ0v) is 24.9. The Morgan fingerprint density at radius 2 is 1.67 bits per heavy atom. The van der Waals surface area contributed by atoms with Crippen LogP contribution in [0.15, 0.2) is 59.8 Å². The molecule has 43 heavy (non-hydrogen) atoms. The fourth-order valence-corrected chi connectivity index (χ4v) is 6.15. The van der Waals surface area contributed by atoms with Gasteiger partial charge in [0, 0.05) is 55.7 Å². The second-order valence-electron chi connectivity index (χ2n) is 9.61. The van der Waals surface area contributed by atoms with Gasteiger partial charge < -0.3 is 35.3 Å². The first-order chi connectivity index (χ1) is 20.8. The number of benzene rings is 2. The van der Waals surface area contributed by atoms with Crippen LogP contribution in [0.1, 0.15) is 0 Å². The lowest BCUT2D eigenvalue weighted by atomic mass is 10.2. The first-order valence-electron chi connectivity index (χ1n) is 13.2. The zero-order valence-electron chi connectivity index (χ0n) is 23.2. The molecule has 0 atom stereocenters. The van der Waals surface area contributed by atoms with Gasteiger partial charge in [0.2, 0.25) is 11.9 Å². The highest BCUT2D eigenvalue weighted by Gasteiger charge is 2.24. The van der Waals surface area contributed by atoms with Gasteiger partial charge in [0.05, 0.1) is 24.6 Å². The molecule has 3 aromatic heterocycles. The molecular weight excluding hydrogens is 592 g/mol. The molecule has 0 aliphatic carbocycles. The van der Waals surface area contributed by atoms with Crippen molar-refractivity contribution in [3.8, 4) is 11.5 Å². The van der Waals surface area contributed by atoms with Crippen molar-refractivity contribution in [3.05, 3.63) is 54.9 Å². The summed E-state index contributed by atoms with van der Waals surface area (Å²) in [5, 5.41) is 4.58. The van der Waals surface area contributed by atoms with E-state index in [2.05, 4.69) is 39.9 Å². The highest BCUT2D eigenvalue weighted by Crippen LogP contribution is 2.37. The van der Waals surface area contributed by atoms with Crippen molar-refractivity contribution < 1.29 is 17.9 Å². The highest BCUT2D eigenvalue weighted by molar-refractivity contribution is 7.92. The predicted molar refractivity (Wildman–Crippen MR) is 168 cm³/mol. The van der Waals surface area contributed by atoms with Crippen molar-refractivity contribution in [3.63, 3.8) is 0 Å². The number of thiocarbonyl (C=S) groups is 1. The molecule has 0 saturated carbocycles. The minimum Gasteiger partial charge on any atom is -0.493 e. The molecule has 14 nitrogen and oxygen atoms in total. The molecule has 222 valence electrons. The summed E-state index contributed by atoms with van der Waals surface area (Å²) in [6.07, 6.45) is 2.92. The number of fused-ring (bicyclic) bond motifs is 3. The average molecular weight is 621 g/mol. The van der Waals surface area contributed by atoms with Gasteiger partial charge in [0.15, 0.2) is 22.4 Å². The molecule has 0 unspecified atom stereocenters. The maximum absolute atomic E-state index is 12.7. The summed E-state index contributed by atoms with van der Waals surface area (Å²) in [5.41, 5.74) is 9.11. The molecule has 2 aromatic carbocycles. The van der Waals surface area contributed by atoms with Gasteiger partial charge in [0.1, 0.15) is 11.0 Å². The molecule has 1 aliphatic heterocycles. The first-order valence-corrected chi connectivity index (χ1v) is 15.1. The number of nitrogens with zero attached hydrogens (tertiary/aromatic N) is 6. The molecule has 0 spiro atoms. The van der Waals surface area contributed by atoms with Gasteiger partial charge in [-0.05, 0) is 48.6 Å². The summed E-state index contributed by atoms with van der Waals surface area (Å²) < 4.78 is 38.6. The van der Waals surface area contributed by atoms with Crippen molar-refractivity contribution in [1.29, 1.82) is 0 Å². The molecule has 0 radical (unpaired) electrons. The summed E-state index contributed by atoms with van der Waals surface area (Å²) in [6, 6.07) is 11.6. The minimum absolute atomic E-state index is 0.000379. The van der Waals surface area contributed by atoms with Crippen molar-refractivity contribution in [2.75, 3.05) is 61.1 Å². The number of nitrogens with two attached hydrogens (primary N) is 1. The van der Waals surface area contributed by atoms with Crippen molar-refractivity contribution in [2.45, 2.75) is 4.90 Å². The van der Waals surface area contributed by atoms with Crippen LogP contribution in [-0.4, -0.2) is 83.7 Å². The van der Waals surface area contributed by atoms with Crippen molar-refractivity contribution >= 4 is 72.7 Å². The number of anilines is 4. The number of aromatic amines is 1. The van der Waals surface area contributed by atoms with Crippen molar-refractivity contribution in [2.24, 2.45) is 0 Å². The van der Waals surface area contributed by atoms with Crippen LogP contribution in [0, 0.1) is 0 Å². The van der Waals surface area contributed by atoms with E-state index in [4.69, 9.17) is 27.4 Å². The number of piperazine rings is 1. The second-order valence-corrected chi connectivity index (χ2v) is 11.7. The fraction of sp³-hybridized carbons (Fsp3) is 0.222. The maximum Gasteiger partial charge on any atom is 0.264 e. The van der Waals surface area contributed by atoms with E-state index in [0.717, 1.165) is 16.4 Å². The number of ether oxygens (including phenoxy) is 2. The topological polar surface area (TPSA) is 177 Å². The van der Waals surface area contributed by atoms with Gasteiger partial charge >= 0.3 is 0 Å². The summed E-state index contributed by atoms with van der Waals surface area (Å²) in [4.78, 5) is 24.6. The van der Waals surface area contributed by atoms with E-state index in [0.29, 0.717) is 59.8 Å². The summed E-state index contributed by atoms with van der Waals surface area (Å²) in [7, 11) is -0.651. The third-order valence-electron chi connectivity index (χ3n) is 7.02. The first kappa shape index (κ1) is 28.2. The number of methoxy groups -OCH3 is 2. The van der Waals surface area contributed by atoms with Crippen LogP contribution in [0.4, 0.5) is 23.4 Å². The molecular formula is C27H28N10O4S2. The van der Waals surface area contributed by atoms with Gasteiger partial charge in [-0.1, -0.05) is 0 Å². The standard InChI is InChI=1S/C27H28N10O4S2/c1-40-20-14-18-19(15-21(20)41-2)32-23-22(18)33-25(28)34-24(23)36-10-12-37(13-11-36)27(42)31-16-4-6-17(7-5-16)43(38,39)35-26-29-8-3-9-30-26/h3-9,14-15,32H,10-13H2,1-2H3,(H,31,42)(H2,28,33,34)(H,29,30,35). The lowest BCUT2D eigenvalue weighted by molar-refractivity contribution is 0.356. The van der Waals surface area contributed by atoms with Gasteiger partial charge in [-0.25, -0.2) is 28.1 Å². The number of rotatable bonds is 7. The molecule has 1 fully saturated rings. The molecule has 4 heterocycles. The third kappa shape index (κ3) is 5.61. The maximum atomic E-state index is 12.7. The second kappa shape index (κ2) is 11.4. The predicted octanol–water partition coefficient (Wildman–Crippen LogP) is 2.82. The lowest BCUT2D eigenvalue weighted by Crippen LogP contribution is -2.50. The zero-order chi connectivity index (χ0) is 30.1. The van der Waals surface area contributed by atoms with Crippen LogP contribution < -0.4 is 30.1 Å². The van der Waals surface area contributed by atoms with Crippen LogP contribution in [0.3, 0.4) is 0 Å². The van der Waals surface area contributed by atoms with Gasteiger partial charge in [-0.15, -0.1) is 0 Å². The fourth-order valence-electron chi connectivity index (χ4n) is 4.89.